The molecule has 4 aliphatic heterocycles. The zero-order valence-electron chi connectivity index (χ0n) is 17.6. The first-order valence-electron chi connectivity index (χ1n) is 10.5. The molecule has 0 aromatic heterocycles. The van der Waals surface area contributed by atoms with Crippen molar-refractivity contribution in [3.63, 3.8) is 0 Å². The largest absolute Gasteiger partial charge is 0.394 e. The number of rotatable bonds is 16. The SMILES string of the molecule is CC(C)(COCC1CO1)COCC1CO1.OCC(COCC1CO1)OCC1CO1. The number of hydrogen-bond acceptors (Lipinski definition) is 9. The topological polar surface area (TPSA) is 107 Å². The summed E-state index contributed by atoms with van der Waals surface area (Å²) in [6.07, 6.45) is 0.957. The first-order chi connectivity index (χ1) is 14.0. The Bertz CT molecular complexity index is 425. The average Bonchev–Trinajstić information content (AvgIpc) is 3.54. The highest BCUT2D eigenvalue weighted by Crippen LogP contribution is 2.19. The molecule has 0 aromatic carbocycles. The normalized spacial score (nSPS) is 30.3. The maximum absolute atomic E-state index is 8.96. The van der Waals surface area contributed by atoms with Gasteiger partial charge in [-0.05, 0) is 0 Å². The monoisotopic (exact) mass is 420 g/mol. The minimum Gasteiger partial charge on any atom is -0.394 e. The third-order valence-corrected chi connectivity index (χ3v) is 4.53. The van der Waals surface area contributed by atoms with Crippen LogP contribution in [0.4, 0.5) is 0 Å². The van der Waals surface area contributed by atoms with E-state index in [4.69, 9.17) is 43.0 Å². The fourth-order valence-corrected chi connectivity index (χ4v) is 2.36. The van der Waals surface area contributed by atoms with Crippen molar-refractivity contribution >= 4 is 0 Å². The molecule has 9 nitrogen and oxygen atoms in total. The van der Waals surface area contributed by atoms with Gasteiger partial charge in [-0.3, -0.25) is 0 Å². The van der Waals surface area contributed by atoms with Crippen molar-refractivity contribution in [2.24, 2.45) is 5.41 Å². The van der Waals surface area contributed by atoms with Crippen LogP contribution in [0.15, 0.2) is 0 Å². The molecule has 0 aromatic rings. The van der Waals surface area contributed by atoms with Crippen molar-refractivity contribution in [2.75, 3.05) is 79.3 Å². The van der Waals surface area contributed by atoms with Crippen LogP contribution in [0.5, 0.6) is 0 Å². The summed E-state index contributed by atoms with van der Waals surface area (Å²) in [5.41, 5.74) is 0.0732. The summed E-state index contributed by atoms with van der Waals surface area (Å²) >= 11 is 0. The quantitative estimate of drug-likeness (QED) is 0.346. The van der Waals surface area contributed by atoms with Gasteiger partial charge in [0.05, 0.1) is 79.3 Å². The summed E-state index contributed by atoms with van der Waals surface area (Å²) in [4.78, 5) is 0. The van der Waals surface area contributed by atoms with Gasteiger partial charge in [-0.15, -0.1) is 0 Å². The van der Waals surface area contributed by atoms with Crippen LogP contribution >= 0.6 is 0 Å². The standard InChI is InChI=1S/C11H20O4.C9H16O5/c1-11(2,7-12-3-9-5-14-9)8-13-4-10-6-15-10;10-1-7(12-5-9-6-14-9)2-11-3-8-4-13-8/h9-10H,3-8H2,1-2H3;7-10H,1-6H2. The van der Waals surface area contributed by atoms with Gasteiger partial charge < -0.3 is 43.0 Å². The van der Waals surface area contributed by atoms with Gasteiger partial charge in [-0.2, -0.15) is 0 Å². The van der Waals surface area contributed by atoms with Crippen LogP contribution in [0, 0.1) is 5.41 Å². The van der Waals surface area contributed by atoms with E-state index in [9.17, 15) is 0 Å². The van der Waals surface area contributed by atoms with E-state index in [1.165, 1.54) is 0 Å². The maximum atomic E-state index is 8.96. The van der Waals surface area contributed by atoms with Crippen LogP contribution in [0.2, 0.25) is 0 Å². The molecule has 0 radical (unpaired) electrons. The lowest BCUT2D eigenvalue weighted by Crippen LogP contribution is -2.27. The van der Waals surface area contributed by atoms with E-state index in [-0.39, 0.29) is 30.3 Å². The van der Waals surface area contributed by atoms with E-state index < -0.39 is 0 Å². The number of aliphatic hydroxyl groups is 1. The number of hydrogen-bond donors (Lipinski definition) is 1. The highest BCUT2D eigenvalue weighted by Gasteiger charge is 2.27. The minimum atomic E-state index is -0.238. The molecule has 4 saturated heterocycles. The predicted octanol–water partition coefficient (Wildman–Crippen LogP) is 0.0215. The highest BCUT2D eigenvalue weighted by atomic mass is 16.6. The zero-order valence-corrected chi connectivity index (χ0v) is 17.6. The molecule has 5 unspecified atom stereocenters. The molecule has 1 N–H and O–H groups in total. The maximum Gasteiger partial charge on any atom is 0.104 e. The van der Waals surface area contributed by atoms with Gasteiger partial charge in [0.2, 0.25) is 0 Å². The van der Waals surface area contributed by atoms with Crippen molar-refractivity contribution in [3.05, 3.63) is 0 Å². The van der Waals surface area contributed by atoms with Crippen LogP contribution in [0.3, 0.4) is 0 Å². The predicted molar refractivity (Wildman–Crippen MR) is 102 cm³/mol. The van der Waals surface area contributed by atoms with Crippen molar-refractivity contribution < 1.29 is 43.0 Å². The van der Waals surface area contributed by atoms with Gasteiger partial charge in [0.25, 0.3) is 0 Å². The second-order valence-corrected chi connectivity index (χ2v) is 8.69. The van der Waals surface area contributed by atoms with Crippen LogP contribution in [-0.4, -0.2) is 115 Å². The molecule has 0 bridgehead atoms. The molecule has 170 valence electrons. The third kappa shape index (κ3) is 12.2. The van der Waals surface area contributed by atoms with Gasteiger partial charge in [0, 0.05) is 5.41 Å². The molecule has 4 aliphatic rings. The van der Waals surface area contributed by atoms with E-state index in [0.717, 1.165) is 52.9 Å². The van der Waals surface area contributed by atoms with Gasteiger partial charge in [-0.25, -0.2) is 0 Å². The Balaban J connectivity index is 0.000000166. The Morgan fingerprint density at radius 1 is 0.759 bits per heavy atom. The lowest BCUT2D eigenvalue weighted by atomic mass is 9.96. The van der Waals surface area contributed by atoms with Crippen molar-refractivity contribution in [3.8, 4) is 0 Å². The third-order valence-electron chi connectivity index (χ3n) is 4.53. The minimum absolute atomic E-state index is 0.0156. The van der Waals surface area contributed by atoms with Crippen LogP contribution < -0.4 is 0 Å². The fraction of sp³-hybridized carbons (Fsp3) is 1.00. The van der Waals surface area contributed by atoms with Crippen LogP contribution in [0.25, 0.3) is 0 Å². The van der Waals surface area contributed by atoms with Gasteiger partial charge in [-0.1, -0.05) is 13.8 Å². The molecular weight excluding hydrogens is 384 g/mol. The summed E-state index contributed by atoms with van der Waals surface area (Å²) in [6.45, 7) is 12.0. The van der Waals surface area contributed by atoms with Crippen molar-refractivity contribution in [1.82, 2.24) is 0 Å². The van der Waals surface area contributed by atoms with Gasteiger partial charge in [0.1, 0.15) is 30.5 Å². The molecular formula is C20H36O9. The summed E-state index contributed by atoms with van der Waals surface area (Å²) in [5.74, 6) is 0. The van der Waals surface area contributed by atoms with E-state index in [1.807, 2.05) is 0 Å². The Labute approximate surface area is 172 Å². The lowest BCUT2D eigenvalue weighted by Gasteiger charge is -2.23. The van der Waals surface area contributed by atoms with Gasteiger partial charge >= 0.3 is 0 Å². The summed E-state index contributed by atoms with van der Waals surface area (Å²) in [6, 6.07) is 0. The first-order valence-corrected chi connectivity index (χ1v) is 10.5. The molecule has 0 saturated carbocycles. The van der Waals surface area contributed by atoms with Crippen LogP contribution in [-0.2, 0) is 37.9 Å². The Hall–Kier alpha value is -0.360. The highest BCUT2D eigenvalue weighted by molar-refractivity contribution is 4.73. The zero-order chi connectivity index (χ0) is 20.5. The summed E-state index contributed by atoms with van der Waals surface area (Å²) in [5, 5.41) is 8.96. The summed E-state index contributed by atoms with van der Waals surface area (Å²) in [7, 11) is 0. The molecule has 0 aliphatic carbocycles. The smallest absolute Gasteiger partial charge is 0.104 e. The average molecular weight is 420 g/mol. The lowest BCUT2D eigenvalue weighted by molar-refractivity contribution is -0.0481. The van der Waals surface area contributed by atoms with Crippen LogP contribution in [0.1, 0.15) is 13.8 Å². The number of epoxide rings is 4. The molecule has 0 spiro atoms. The fourth-order valence-electron chi connectivity index (χ4n) is 2.36. The molecule has 4 fully saturated rings. The summed E-state index contributed by atoms with van der Waals surface area (Å²) < 4.78 is 41.9. The second kappa shape index (κ2) is 11.9. The number of aliphatic hydroxyl groups excluding tert-OH is 1. The van der Waals surface area contributed by atoms with E-state index >= 15 is 0 Å². The Kier molecular flexibility index (Phi) is 9.54. The first kappa shape index (κ1) is 23.3. The van der Waals surface area contributed by atoms with E-state index in [2.05, 4.69) is 13.8 Å². The molecule has 0 amide bonds. The Morgan fingerprint density at radius 3 is 1.59 bits per heavy atom. The molecule has 4 rings (SSSR count). The van der Waals surface area contributed by atoms with Gasteiger partial charge in [0.15, 0.2) is 0 Å². The van der Waals surface area contributed by atoms with E-state index in [1.54, 1.807) is 0 Å². The molecule has 4 heterocycles. The molecule has 9 heteroatoms. The number of ether oxygens (including phenoxy) is 8. The van der Waals surface area contributed by atoms with Crippen molar-refractivity contribution in [1.29, 1.82) is 0 Å². The Morgan fingerprint density at radius 2 is 1.17 bits per heavy atom. The second-order valence-electron chi connectivity index (χ2n) is 8.69. The molecule has 5 atom stereocenters. The van der Waals surface area contributed by atoms with Crippen molar-refractivity contribution in [2.45, 2.75) is 44.4 Å². The van der Waals surface area contributed by atoms with E-state index in [0.29, 0.717) is 32.0 Å². The molecule has 29 heavy (non-hydrogen) atoms.